The van der Waals surface area contributed by atoms with Crippen LogP contribution in [0.3, 0.4) is 0 Å². The Balaban J connectivity index is 1.33. The Hall–Kier alpha value is -1.66. The number of piperidine rings is 1. The maximum Gasteiger partial charge on any atom is 0.229 e. The van der Waals surface area contributed by atoms with Gasteiger partial charge in [0.1, 0.15) is 5.76 Å². The molecule has 0 unspecified atom stereocenters. The molecule has 0 saturated carbocycles. The summed E-state index contributed by atoms with van der Waals surface area (Å²) in [5, 5.41) is 4.16. The third-order valence-electron chi connectivity index (χ3n) is 4.65. The molecule has 2 aromatic rings. The highest BCUT2D eigenvalue weighted by Gasteiger charge is 2.28. The lowest BCUT2D eigenvalue weighted by Gasteiger charge is -2.29. The van der Waals surface area contributed by atoms with Crippen molar-refractivity contribution in [3.8, 4) is 0 Å². The van der Waals surface area contributed by atoms with Crippen LogP contribution in [-0.2, 0) is 11.3 Å². The molecule has 22 heavy (non-hydrogen) atoms. The Morgan fingerprint density at radius 3 is 2.82 bits per heavy atom. The van der Waals surface area contributed by atoms with E-state index in [0.29, 0.717) is 11.8 Å². The Morgan fingerprint density at radius 2 is 2.09 bits per heavy atom. The Morgan fingerprint density at radius 1 is 1.18 bits per heavy atom. The molecule has 2 fully saturated rings. The molecule has 0 aliphatic carbocycles. The third kappa shape index (κ3) is 2.94. The van der Waals surface area contributed by atoms with Crippen molar-refractivity contribution in [2.75, 3.05) is 26.3 Å². The summed E-state index contributed by atoms with van der Waals surface area (Å²) in [6, 6.07) is 3.97. The van der Waals surface area contributed by atoms with E-state index in [-0.39, 0.29) is 0 Å². The summed E-state index contributed by atoms with van der Waals surface area (Å²) in [7, 11) is 0. The normalized spacial score (nSPS) is 24.1. The number of rotatable bonds is 4. The van der Waals surface area contributed by atoms with Crippen LogP contribution in [0.15, 0.2) is 27.3 Å². The highest BCUT2D eigenvalue weighted by molar-refractivity contribution is 5.03. The Bertz CT molecular complexity index is 582. The molecular weight excluding hydrogens is 282 g/mol. The molecule has 2 aliphatic heterocycles. The van der Waals surface area contributed by atoms with E-state index in [1.165, 1.54) is 0 Å². The molecule has 0 spiro atoms. The summed E-state index contributed by atoms with van der Waals surface area (Å²) in [6.45, 7) is 4.49. The second-order valence-electron chi connectivity index (χ2n) is 6.18. The first-order chi connectivity index (χ1) is 10.9. The maximum absolute atomic E-state index is 5.50. The van der Waals surface area contributed by atoms with Crippen molar-refractivity contribution in [3.63, 3.8) is 0 Å². The van der Waals surface area contributed by atoms with Gasteiger partial charge in [-0.3, -0.25) is 4.90 Å². The van der Waals surface area contributed by atoms with Gasteiger partial charge in [0, 0.05) is 18.4 Å². The molecule has 2 aliphatic rings. The lowest BCUT2D eigenvalue weighted by molar-refractivity contribution is 0.176. The molecule has 4 rings (SSSR count). The molecule has 2 aromatic heterocycles. The second kappa shape index (κ2) is 6.22. The van der Waals surface area contributed by atoms with Crippen molar-refractivity contribution in [3.05, 3.63) is 35.9 Å². The van der Waals surface area contributed by atoms with Crippen molar-refractivity contribution >= 4 is 0 Å². The molecular formula is C16H21N3O3. The van der Waals surface area contributed by atoms with Crippen LogP contribution in [0.5, 0.6) is 0 Å². The van der Waals surface area contributed by atoms with E-state index in [1.54, 1.807) is 6.26 Å². The van der Waals surface area contributed by atoms with Crippen LogP contribution in [0, 0.1) is 0 Å². The predicted octanol–water partition coefficient (Wildman–Crippen LogP) is 2.55. The van der Waals surface area contributed by atoms with E-state index < -0.39 is 0 Å². The van der Waals surface area contributed by atoms with Gasteiger partial charge in [0.05, 0.1) is 19.4 Å². The molecule has 0 amide bonds. The average Bonchev–Trinajstić information content (AvgIpc) is 3.30. The number of hydrogen-bond acceptors (Lipinski definition) is 6. The molecule has 6 nitrogen and oxygen atoms in total. The molecule has 6 heteroatoms. The fourth-order valence-electron chi connectivity index (χ4n) is 3.28. The van der Waals surface area contributed by atoms with Crippen LogP contribution in [0.25, 0.3) is 0 Å². The van der Waals surface area contributed by atoms with Crippen molar-refractivity contribution in [2.24, 2.45) is 0 Å². The zero-order valence-electron chi connectivity index (χ0n) is 12.6. The smallest absolute Gasteiger partial charge is 0.229 e. The lowest BCUT2D eigenvalue weighted by atomic mass is 9.96. The first-order valence-corrected chi connectivity index (χ1v) is 8.04. The monoisotopic (exact) mass is 303 g/mol. The predicted molar refractivity (Wildman–Crippen MR) is 78.4 cm³/mol. The van der Waals surface area contributed by atoms with Gasteiger partial charge < -0.3 is 13.7 Å². The van der Waals surface area contributed by atoms with E-state index in [2.05, 4.69) is 15.0 Å². The van der Waals surface area contributed by atoms with Crippen LogP contribution in [0.1, 0.15) is 48.6 Å². The Labute approximate surface area is 129 Å². The molecule has 0 N–H and O–H groups in total. The minimum Gasteiger partial charge on any atom is -0.468 e. The van der Waals surface area contributed by atoms with E-state index in [9.17, 15) is 0 Å². The van der Waals surface area contributed by atoms with E-state index in [4.69, 9.17) is 13.7 Å². The molecule has 0 bridgehead atoms. The number of likely N-dealkylation sites (tertiary alicyclic amines) is 1. The van der Waals surface area contributed by atoms with Gasteiger partial charge in [-0.1, -0.05) is 5.16 Å². The van der Waals surface area contributed by atoms with Gasteiger partial charge in [-0.2, -0.15) is 4.98 Å². The summed E-state index contributed by atoms with van der Waals surface area (Å²) >= 11 is 0. The number of furan rings is 1. The molecule has 0 aromatic carbocycles. The molecule has 4 heterocycles. The SMILES string of the molecule is c1coc(CN2CCC(c3nc([C@H]4CCOC4)no3)CC2)c1. The summed E-state index contributed by atoms with van der Waals surface area (Å²) in [4.78, 5) is 7.04. The van der Waals surface area contributed by atoms with Gasteiger partial charge in [0.2, 0.25) is 5.89 Å². The first kappa shape index (κ1) is 14.0. The molecule has 2 saturated heterocycles. The third-order valence-corrected chi connectivity index (χ3v) is 4.65. The molecule has 1 atom stereocenters. The number of hydrogen-bond donors (Lipinski definition) is 0. The van der Waals surface area contributed by atoms with E-state index in [0.717, 1.165) is 69.6 Å². The zero-order chi connectivity index (χ0) is 14.8. The minimum atomic E-state index is 0.316. The van der Waals surface area contributed by atoms with Gasteiger partial charge in [-0.25, -0.2) is 0 Å². The van der Waals surface area contributed by atoms with Gasteiger partial charge in [-0.15, -0.1) is 0 Å². The average molecular weight is 303 g/mol. The quantitative estimate of drug-likeness (QED) is 0.865. The van der Waals surface area contributed by atoms with Crippen LogP contribution in [0.4, 0.5) is 0 Å². The fourth-order valence-corrected chi connectivity index (χ4v) is 3.28. The van der Waals surface area contributed by atoms with Gasteiger partial charge >= 0.3 is 0 Å². The standard InChI is InChI=1S/C16H21N3O3/c1-2-14(21-8-1)10-19-6-3-12(4-7-19)16-17-15(18-22-16)13-5-9-20-11-13/h1-2,8,12-13H,3-7,9-11H2/t13-/m0/s1. The first-order valence-electron chi connectivity index (χ1n) is 8.04. The molecule has 0 radical (unpaired) electrons. The van der Waals surface area contributed by atoms with Crippen LogP contribution in [-0.4, -0.2) is 41.3 Å². The van der Waals surface area contributed by atoms with Gasteiger partial charge in [0.25, 0.3) is 0 Å². The summed E-state index contributed by atoms with van der Waals surface area (Å²) < 4.78 is 16.3. The topological polar surface area (TPSA) is 64.5 Å². The van der Waals surface area contributed by atoms with E-state index >= 15 is 0 Å². The Kier molecular flexibility index (Phi) is 3.95. The number of ether oxygens (including phenoxy) is 1. The second-order valence-corrected chi connectivity index (χ2v) is 6.18. The van der Waals surface area contributed by atoms with Crippen molar-refractivity contribution < 1.29 is 13.7 Å². The van der Waals surface area contributed by atoms with Crippen molar-refractivity contribution in [1.82, 2.24) is 15.0 Å². The molecule has 118 valence electrons. The highest BCUT2D eigenvalue weighted by Crippen LogP contribution is 2.30. The van der Waals surface area contributed by atoms with Gasteiger partial charge in [-0.05, 0) is 44.5 Å². The van der Waals surface area contributed by atoms with Crippen LogP contribution < -0.4 is 0 Å². The fraction of sp³-hybridized carbons (Fsp3) is 0.625. The van der Waals surface area contributed by atoms with Crippen molar-refractivity contribution in [1.29, 1.82) is 0 Å². The van der Waals surface area contributed by atoms with Gasteiger partial charge in [0.15, 0.2) is 5.82 Å². The maximum atomic E-state index is 5.50. The summed E-state index contributed by atoms with van der Waals surface area (Å²) in [6.07, 6.45) is 4.85. The van der Waals surface area contributed by atoms with E-state index in [1.807, 2.05) is 12.1 Å². The van der Waals surface area contributed by atoms with Crippen molar-refractivity contribution in [2.45, 2.75) is 37.6 Å². The highest BCUT2D eigenvalue weighted by atomic mass is 16.5. The largest absolute Gasteiger partial charge is 0.468 e. The lowest BCUT2D eigenvalue weighted by Crippen LogP contribution is -2.32. The summed E-state index contributed by atoms with van der Waals surface area (Å²) in [5.74, 6) is 3.36. The number of nitrogens with zero attached hydrogens (tertiary/aromatic N) is 3. The summed E-state index contributed by atoms with van der Waals surface area (Å²) in [5.41, 5.74) is 0. The number of aromatic nitrogens is 2. The minimum absolute atomic E-state index is 0.316. The van der Waals surface area contributed by atoms with Crippen LogP contribution >= 0.6 is 0 Å². The zero-order valence-corrected chi connectivity index (χ0v) is 12.6. The van der Waals surface area contributed by atoms with Crippen LogP contribution in [0.2, 0.25) is 0 Å².